The van der Waals surface area contributed by atoms with E-state index in [0.29, 0.717) is 17.4 Å². The van der Waals surface area contributed by atoms with E-state index in [4.69, 9.17) is 5.73 Å². The van der Waals surface area contributed by atoms with Crippen LogP contribution in [0.1, 0.15) is 27.0 Å². The molecule has 1 fully saturated rings. The molecule has 206 valence electrons. The molecule has 3 aliphatic rings. The molecule has 2 aromatic carbocycles. The molecule has 5 rings (SSSR count). The highest BCUT2D eigenvalue weighted by Crippen LogP contribution is 2.56. The monoisotopic (exact) mass is 546 g/mol. The van der Waals surface area contributed by atoms with Crippen LogP contribution in [0.15, 0.2) is 59.4 Å². The summed E-state index contributed by atoms with van der Waals surface area (Å²) in [6, 6.07) is 9.24. The van der Waals surface area contributed by atoms with Crippen molar-refractivity contribution in [2.24, 2.45) is 17.6 Å². The van der Waals surface area contributed by atoms with E-state index in [2.05, 4.69) is 0 Å². The Labute approximate surface area is 227 Å². The van der Waals surface area contributed by atoms with Crippen LogP contribution in [0.2, 0.25) is 0 Å². The Bertz CT molecular complexity index is 1600. The number of amides is 1. The number of aliphatic hydroxyl groups excluding tert-OH is 3. The zero-order valence-corrected chi connectivity index (χ0v) is 21.4. The molecular formula is C29H26N2O9. The molecule has 11 heteroatoms. The molecule has 0 unspecified atom stereocenters. The molecule has 1 saturated carbocycles. The zero-order chi connectivity index (χ0) is 29.3. The molecule has 0 spiro atoms. The summed E-state index contributed by atoms with van der Waals surface area (Å²) in [7, 11) is 2.86. The van der Waals surface area contributed by atoms with Crippen LogP contribution in [0.25, 0.3) is 17.4 Å². The van der Waals surface area contributed by atoms with Gasteiger partial charge in [0, 0.05) is 11.5 Å². The van der Waals surface area contributed by atoms with Gasteiger partial charge in [-0.1, -0.05) is 36.4 Å². The van der Waals surface area contributed by atoms with Gasteiger partial charge in [0.05, 0.1) is 29.2 Å². The second-order valence-electron chi connectivity index (χ2n) is 10.3. The number of carbonyl (C=O) groups excluding carboxylic acids is 4. The van der Waals surface area contributed by atoms with Crippen molar-refractivity contribution >= 4 is 41.2 Å². The molecular weight excluding hydrogens is 520 g/mol. The van der Waals surface area contributed by atoms with Crippen molar-refractivity contribution in [3.05, 3.63) is 81.6 Å². The van der Waals surface area contributed by atoms with Gasteiger partial charge in [-0.25, -0.2) is 0 Å². The van der Waals surface area contributed by atoms with Gasteiger partial charge < -0.3 is 31.3 Å². The first-order valence-electron chi connectivity index (χ1n) is 12.3. The number of hydrogen-bond donors (Lipinski definition) is 6. The largest absolute Gasteiger partial charge is 0.508 e. The third-order valence-corrected chi connectivity index (χ3v) is 7.90. The van der Waals surface area contributed by atoms with Crippen LogP contribution in [-0.4, -0.2) is 86.0 Å². The molecule has 5 atom stereocenters. The zero-order valence-electron chi connectivity index (χ0n) is 21.4. The van der Waals surface area contributed by atoms with E-state index in [0.717, 1.165) is 0 Å². The van der Waals surface area contributed by atoms with Crippen molar-refractivity contribution in [3.8, 4) is 5.75 Å². The van der Waals surface area contributed by atoms with Gasteiger partial charge in [-0.2, -0.15) is 0 Å². The predicted molar refractivity (Wildman–Crippen MR) is 142 cm³/mol. The Morgan fingerprint density at radius 1 is 1.05 bits per heavy atom. The van der Waals surface area contributed by atoms with E-state index < -0.39 is 75.5 Å². The molecule has 3 aliphatic carbocycles. The van der Waals surface area contributed by atoms with Crippen LogP contribution in [0.3, 0.4) is 0 Å². The molecule has 0 bridgehead atoms. The number of rotatable bonds is 4. The summed E-state index contributed by atoms with van der Waals surface area (Å²) >= 11 is 0. The fourth-order valence-electron chi connectivity index (χ4n) is 6.21. The molecule has 0 aliphatic heterocycles. The SMILES string of the molecule is CN(C)[C@H]1C(=O)C(C(N)=O)=C(O)[C@@]2(O)C(=O)C3=C(O)c4c(O)cccc4/C(=C\c4cccc(C=O)c4)[C@@H]3[C@@H](O)[C@H]12. The number of nitrogens with zero attached hydrogens (tertiary/aromatic N) is 1. The average Bonchev–Trinajstić information content (AvgIpc) is 2.90. The number of aliphatic hydroxyl groups is 4. The van der Waals surface area contributed by atoms with Gasteiger partial charge >= 0.3 is 0 Å². The smallest absolute Gasteiger partial charge is 0.255 e. The normalized spacial score (nSPS) is 28.9. The number of carbonyl (C=O) groups is 4. The summed E-state index contributed by atoms with van der Waals surface area (Å²) in [5.41, 5.74) is 1.94. The van der Waals surface area contributed by atoms with Crippen molar-refractivity contribution in [3.63, 3.8) is 0 Å². The van der Waals surface area contributed by atoms with Crippen LogP contribution >= 0.6 is 0 Å². The minimum absolute atomic E-state index is 0.163. The second-order valence-corrected chi connectivity index (χ2v) is 10.3. The van der Waals surface area contributed by atoms with E-state index in [1.165, 1.54) is 31.1 Å². The highest BCUT2D eigenvalue weighted by Gasteiger charge is 2.68. The average molecular weight is 547 g/mol. The fraction of sp³-hybridized carbons (Fsp3) is 0.241. The summed E-state index contributed by atoms with van der Waals surface area (Å²) in [6.45, 7) is 0. The van der Waals surface area contributed by atoms with Gasteiger partial charge in [0.15, 0.2) is 11.4 Å². The molecule has 0 radical (unpaired) electrons. The van der Waals surface area contributed by atoms with Crippen molar-refractivity contribution < 1.29 is 44.7 Å². The third-order valence-electron chi connectivity index (χ3n) is 7.90. The lowest BCUT2D eigenvalue weighted by Gasteiger charge is -2.53. The van der Waals surface area contributed by atoms with Crippen LogP contribution in [0.5, 0.6) is 5.75 Å². The van der Waals surface area contributed by atoms with Crippen molar-refractivity contribution in [1.82, 2.24) is 4.90 Å². The van der Waals surface area contributed by atoms with Crippen molar-refractivity contribution in [2.75, 3.05) is 14.1 Å². The summed E-state index contributed by atoms with van der Waals surface area (Å²) in [5.74, 6) is -9.18. The number of benzene rings is 2. The van der Waals surface area contributed by atoms with Gasteiger partial charge in [-0.3, -0.25) is 24.1 Å². The standard InChI is InChI=1S/C29H26N2O9/c1-31(2)22-21-24(35)18-15(10-12-5-3-6-13(9-12)11-32)14-7-4-8-16(33)17(14)23(34)19(18)26(37)29(21,40)27(38)20(25(22)36)28(30)39/h3-11,18,21-22,24,33-35,38,40H,1-2H3,(H2,30,39)/b15-10+/t18-,21-,22+,24+,29-/m0/s1. The number of nitrogens with two attached hydrogens (primary N) is 1. The van der Waals surface area contributed by atoms with E-state index in [-0.39, 0.29) is 16.7 Å². The highest BCUT2D eigenvalue weighted by molar-refractivity contribution is 6.25. The minimum atomic E-state index is -3.02. The lowest BCUT2D eigenvalue weighted by Crippen LogP contribution is -2.70. The topological polar surface area (TPSA) is 199 Å². The van der Waals surface area contributed by atoms with E-state index in [1.807, 2.05) is 0 Å². The van der Waals surface area contributed by atoms with Gasteiger partial charge in [-0.15, -0.1) is 0 Å². The summed E-state index contributed by atoms with van der Waals surface area (Å²) in [4.78, 5) is 52.3. The predicted octanol–water partition coefficient (Wildman–Crippen LogP) is 0.745. The van der Waals surface area contributed by atoms with Crippen LogP contribution < -0.4 is 5.73 Å². The van der Waals surface area contributed by atoms with E-state index in [1.54, 1.807) is 36.4 Å². The number of primary amides is 1. The van der Waals surface area contributed by atoms with Gasteiger partial charge in [0.25, 0.3) is 5.91 Å². The quantitative estimate of drug-likeness (QED) is 0.235. The molecule has 0 saturated heterocycles. The Morgan fingerprint density at radius 2 is 1.70 bits per heavy atom. The number of fused-ring (bicyclic) bond motifs is 3. The van der Waals surface area contributed by atoms with Crippen LogP contribution in [0.4, 0.5) is 0 Å². The Morgan fingerprint density at radius 3 is 2.33 bits per heavy atom. The number of ketones is 2. The van der Waals surface area contributed by atoms with Gasteiger partial charge in [0.2, 0.25) is 5.78 Å². The number of likely N-dealkylation sites (N-methyl/N-ethyl adjacent to an activating group) is 1. The summed E-state index contributed by atoms with van der Waals surface area (Å²) in [6.07, 6.45) is 0.409. The highest BCUT2D eigenvalue weighted by atomic mass is 16.4. The molecule has 1 amide bonds. The molecule has 2 aromatic rings. The Hall–Kier alpha value is -4.58. The maximum atomic E-state index is 14.1. The molecule has 7 N–H and O–H groups in total. The number of phenols is 1. The number of aldehydes is 1. The van der Waals surface area contributed by atoms with Crippen molar-refractivity contribution in [2.45, 2.75) is 17.7 Å². The molecule has 0 heterocycles. The fourth-order valence-corrected chi connectivity index (χ4v) is 6.21. The van der Waals surface area contributed by atoms with E-state index >= 15 is 0 Å². The first-order valence-corrected chi connectivity index (χ1v) is 12.3. The first-order chi connectivity index (χ1) is 18.9. The minimum Gasteiger partial charge on any atom is -0.508 e. The van der Waals surface area contributed by atoms with Crippen molar-refractivity contribution in [1.29, 1.82) is 0 Å². The molecule has 40 heavy (non-hydrogen) atoms. The maximum absolute atomic E-state index is 14.1. The van der Waals surface area contributed by atoms with Gasteiger partial charge in [-0.05, 0) is 42.9 Å². The Kier molecular flexibility index (Phi) is 6.25. The number of aromatic hydroxyl groups is 1. The second kappa shape index (κ2) is 9.26. The van der Waals surface area contributed by atoms with Gasteiger partial charge in [0.1, 0.15) is 29.1 Å². The Balaban J connectivity index is 1.86. The number of phenolic OH excluding ortho intramolecular Hbond substituents is 1. The van der Waals surface area contributed by atoms with E-state index in [9.17, 15) is 44.7 Å². The molecule has 11 nitrogen and oxygen atoms in total. The number of hydrogen-bond acceptors (Lipinski definition) is 10. The summed E-state index contributed by atoms with van der Waals surface area (Å²) in [5, 5.41) is 56.7. The van der Waals surface area contributed by atoms with Crippen LogP contribution in [-0.2, 0) is 14.4 Å². The lowest BCUT2D eigenvalue weighted by atomic mass is 9.55. The lowest BCUT2D eigenvalue weighted by molar-refractivity contribution is -0.166. The van der Waals surface area contributed by atoms with Crippen LogP contribution in [0, 0.1) is 11.8 Å². The maximum Gasteiger partial charge on any atom is 0.255 e. The first kappa shape index (κ1) is 27.0. The molecule has 0 aromatic heterocycles. The summed E-state index contributed by atoms with van der Waals surface area (Å²) < 4.78 is 0. The number of Topliss-reactive ketones (excluding diaryl/α,β-unsaturated/α-hetero) is 2. The third kappa shape index (κ3) is 3.55.